The molecule has 0 aliphatic carbocycles. The SMILES string of the molecule is CCOOOOOOOOOOOOOOOBr. The van der Waals surface area contributed by atoms with Gasteiger partial charge in [0.2, 0.25) is 0 Å². The monoisotopic (exact) mass is 348 g/mol. The summed E-state index contributed by atoms with van der Waals surface area (Å²) in [7, 11) is 0. The first-order valence-corrected chi connectivity index (χ1v) is 4.13. The van der Waals surface area contributed by atoms with Crippen LogP contribution < -0.4 is 0 Å². The van der Waals surface area contributed by atoms with E-state index in [0.717, 1.165) is 0 Å². The van der Waals surface area contributed by atoms with Gasteiger partial charge in [-0.1, -0.05) is 0 Å². The molecule has 0 radical (unpaired) electrons. The maximum absolute atomic E-state index is 4.17. The summed E-state index contributed by atoms with van der Waals surface area (Å²) in [5, 5.41) is 46.7. The van der Waals surface area contributed by atoms with Crippen LogP contribution in [0.15, 0.2) is 0 Å². The van der Waals surface area contributed by atoms with E-state index >= 15 is 0 Å². The maximum Gasteiger partial charge on any atom is 0.146 e. The quantitative estimate of drug-likeness (QED) is 0.228. The molecule has 15 nitrogen and oxygen atoms in total. The normalized spacial score (nSPS) is 11.0. The lowest BCUT2D eigenvalue weighted by molar-refractivity contribution is -0.878. The van der Waals surface area contributed by atoms with E-state index < -0.39 is 0 Å². The highest BCUT2D eigenvalue weighted by molar-refractivity contribution is 9.05. The Morgan fingerprint density at radius 2 is 0.889 bits per heavy atom. The molecule has 0 amide bonds. The molecule has 0 aromatic heterocycles. The largest absolute Gasteiger partial charge is 0.204 e. The van der Waals surface area contributed by atoms with Crippen LogP contribution in [0.5, 0.6) is 0 Å². The topological polar surface area (TPSA) is 138 Å². The second-order valence-corrected chi connectivity index (χ2v) is 1.62. The van der Waals surface area contributed by atoms with Gasteiger partial charge in [0.25, 0.3) is 0 Å². The average Bonchev–Trinajstić information content (AvgIpc) is 2.39. The standard InChI is InChI=1S/C2H5BrO15/c1-2-4-6-8-10-12-14-16-18-17-15-13-11-9-7-5-3/h2H2,1H3. The average molecular weight is 349 g/mol. The van der Waals surface area contributed by atoms with E-state index in [4.69, 9.17) is 0 Å². The third-order valence-electron chi connectivity index (χ3n) is 0.525. The Balaban J connectivity index is 2.86. The van der Waals surface area contributed by atoms with Crippen molar-refractivity contribution in [3.63, 3.8) is 0 Å². The molecule has 0 aromatic carbocycles. The van der Waals surface area contributed by atoms with Crippen molar-refractivity contribution < 1.29 is 74.4 Å². The van der Waals surface area contributed by atoms with Crippen molar-refractivity contribution in [3.8, 4) is 0 Å². The zero-order valence-corrected chi connectivity index (χ0v) is 9.79. The summed E-state index contributed by atoms with van der Waals surface area (Å²) in [6.07, 6.45) is 0. The molecular formula is C2H5BrO15. The van der Waals surface area contributed by atoms with Crippen molar-refractivity contribution in [1.29, 1.82) is 0 Å². The summed E-state index contributed by atoms with van der Waals surface area (Å²) < 4.78 is 3.70. The van der Waals surface area contributed by atoms with Gasteiger partial charge in [-0.15, -0.1) is 3.98 Å². The molecule has 0 atom stereocenters. The molecule has 16 heteroatoms. The van der Waals surface area contributed by atoms with Crippen LogP contribution in [0.1, 0.15) is 6.92 Å². The molecule has 0 aliphatic heterocycles. The van der Waals surface area contributed by atoms with Crippen molar-refractivity contribution in [2.45, 2.75) is 6.92 Å². The Hall–Kier alpha value is -0.120. The van der Waals surface area contributed by atoms with Gasteiger partial charge in [-0.2, -0.15) is 0 Å². The molecule has 0 saturated heterocycles. The van der Waals surface area contributed by atoms with E-state index in [-0.39, 0.29) is 6.61 Å². The molecule has 0 unspecified atom stereocenters. The van der Waals surface area contributed by atoms with Crippen LogP contribution in [-0.4, -0.2) is 6.61 Å². The van der Waals surface area contributed by atoms with Crippen LogP contribution >= 0.6 is 16.3 Å². The van der Waals surface area contributed by atoms with Gasteiger partial charge in [-0.05, 0) is 72.4 Å². The molecule has 0 aromatic rings. The number of rotatable bonds is 15. The fourth-order valence-corrected chi connectivity index (χ4v) is 0.247. The van der Waals surface area contributed by atoms with Gasteiger partial charge >= 0.3 is 0 Å². The van der Waals surface area contributed by atoms with Gasteiger partial charge in [0.1, 0.15) is 16.3 Å². The fourth-order valence-electron chi connectivity index (χ4n) is 0.203. The molecule has 0 saturated carbocycles. The predicted molar refractivity (Wildman–Crippen MR) is 35.7 cm³/mol. The van der Waals surface area contributed by atoms with Crippen molar-refractivity contribution in [2.75, 3.05) is 6.61 Å². The summed E-state index contributed by atoms with van der Waals surface area (Å²) in [5.74, 6) is 0. The van der Waals surface area contributed by atoms with Gasteiger partial charge in [-0.25, -0.2) is 4.89 Å². The maximum atomic E-state index is 4.17. The smallest absolute Gasteiger partial charge is 0.146 e. The highest BCUT2D eigenvalue weighted by Crippen LogP contribution is 1.93. The Morgan fingerprint density at radius 3 is 1.22 bits per heavy atom. The molecule has 0 spiro atoms. The molecule has 0 rings (SSSR count). The minimum atomic E-state index is 0.202. The van der Waals surface area contributed by atoms with Gasteiger partial charge in [-0.3, -0.25) is 0 Å². The van der Waals surface area contributed by atoms with E-state index in [0.29, 0.717) is 0 Å². The first kappa shape index (κ1) is 17.9. The van der Waals surface area contributed by atoms with E-state index in [9.17, 15) is 0 Å². The second kappa shape index (κ2) is 16.9. The van der Waals surface area contributed by atoms with Crippen LogP contribution in [0.3, 0.4) is 0 Å². The fraction of sp³-hybridized carbons (Fsp3) is 1.00. The lowest BCUT2D eigenvalue weighted by Gasteiger charge is -1.98. The zero-order valence-electron chi connectivity index (χ0n) is 8.21. The Labute approximate surface area is 105 Å². The van der Waals surface area contributed by atoms with Gasteiger partial charge in [0, 0.05) is 0 Å². The van der Waals surface area contributed by atoms with E-state index in [1.165, 1.54) is 0 Å². The molecule has 0 fully saturated rings. The molecule has 18 heavy (non-hydrogen) atoms. The van der Waals surface area contributed by atoms with Gasteiger partial charge in [0.15, 0.2) is 0 Å². The van der Waals surface area contributed by atoms with Crippen LogP contribution in [0, 0.1) is 0 Å². The zero-order chi connectivity index (χ0) is 13.3. The van der Waals surface area contributed by atoms with Gasteiger partial charge < -0.3 is 0 Å². The highest BCUT2D eigenvalue weighted by Gasteiger charge is 1.98. The third kappa shape index (κ3) is 15.9. The van der Waals surface area contributed by atoms with E-state index in [2.05, 4.69) is 90.6 Å². The Bertz CT molecular complexity index is 126. The summed E-state index contributed by atoms with van der Waals surface area (Å²) in [4.78, 5) is 4.17. The minimum Gasteiger partial charge on any atom is -0.204 e. The third-order valence-corrected chi connectivity index (χ3v) is 0.633. The van der Waals surface area contributed by atoms with Crippen LogP contribution in [0.4, 0.5) is 0 Å². The van der Waals surface area contributed by atoms with E-state index in [1.807, 2.05) is 0 Å². The highest BCUT2D eigenvalue weighted by atomic mass is 79.9. The predicted octanol–water partition coefficient (Wildman–Crippen LogP) is 0.375. The van der Waals surface area contributed by atoms with Crippen LogP contribution in [-0.2, 0) is 74.4 Å². The minimum absolute atomic E-state index is 0.202. The summed E-state index contributed by atoms with van der Waals surface area (Å²) in [6, 6.07) is 0. The van der Waals surface area contributed by atoms with Crippen molar-refractivity contribution in [3.05, 3.63) is 0 Å². The molecule has 0 heterocycles. The van der Waals surface area contributed by atoms with Crippen molar-refractivity contribution in [2.24, 2.45) is 0 Å². The van der Waals surface area contributed by atoms with Crippen LogP contribution in [0.2, 0.25) is 0 Å². The first-order valence-electron chi connectivity index (χ1n) is 3.48. The summed E-state index contributed by atoms with van der Waals surface area (Å²) in [6.45, 7) is 1.82. The number of hydrogen-bond donors (Lipinski definition) is 0. The summed E-state index contributed by atoms with van der Waals surface area (Å²) >= 11 is 2.32. The number of halogens is 1. The van der Waals surface area contributed by atoms with E-state index in [1.54, 1.807) is 6.92 Å². The molecule has 0 aliphatic rings. The first-order chi connectivity index (χ1) is 8.91. The Kier molecular flexibility index (Phi) is 16.8. The molecular weight excluding hydrogens is 344 g/mol. The lowest BCUT2D eigenvalue weighted by atomic mass is 10.9. The van der Waals surface area contributed by atoms with Gasteiger partial charge in [0.05, 0.1) is 6.61 Å². The molecule has 0 N–H and O–H groups in total. The Morgan fingerprint density at radius 1 is 0.556 bits per heavy atom. The van der Waals surface area contributed by atoms with Crippen LogP contribution in [0.25, 0.3) is 0 Å². The lowest BCUT2D eigenvalue weighted by Crippen LogP contribution is -2.04. The molecule has 110 valence electrons. The summed E-state index contributed by atoms with van der Waals surface area (Å²) in [5.41, 5.74) is 0. The van der Waals surface area contributed by atoms with Crippen molar-refractivity contribution in [1.82, 2.24) is 0 Å². The second-order valence-electron chi connectivity index (χ2n) is 1.35. The molecule has 0 bridgehead atoms. The van der Waals surface area contributed by atoms with Crippen molar-refractivity contribution >= 4 is 16.3 Å². The number of hydrogen-bond acceptors (Lipinski definition) is 15.